The Bertz CT molecular complexity index is 267. The van der Waals surface area contributed by atoms with Gasteiger partial charge in [-0.1, -0.05) is 6.08 Å². The van der Waals surface area contributed by atoms with E-state index in [1.165, 1.54) is 14.2 Å². The van der Waals surface area contributed by atoms with Crippen LogP contribution in [0.25, 0.3) is 0 Å². The van der Waals surface area contributed by atoms with E-state index in [1.54, 1.807) is 0 Å². The molecule has 0 radical (unpaired) electrons. The second-order valence-electron chi connectivity index (χ2n) is 3.21. The third kappa shape index (κ3) is 2.34. The Morgan fingerprint density at radius 3 is 2.71 bits per heavy atom. The van der Waals surface area contributed by atoms with Crippen molar-refractivity contribution in [3.63, 3.8) is 0 Å². The van der Waals surface area contributed by atoms with Gasteiger partial charge in [0.25, 0.3) is 0 Å². The highest BCUT2D eigenvalue weighted by atomic mass is 16.5. The highest BCUT2D eigenvalue weighted by Gasteiger charge is 2.27. The van der Waals surface area contributed by atoms with Gasteiger partial charge in [0, 0.05) is 11.5 Å². The number of rotatable bonds is 3. The molecule has 14 heavy (non-hydrogen) atoms. The summed E-state index contributed by atoms with van der Waals surface area (Å²) < 4.78 is 9.18. The molecule has 0 saturated heterocycles. The molecule has 0 spiro atoms. The van der Waals surface area contributed by atoms with Crippen LogP contribution in [-0.4, -0.2) is 26.2 Å². The van der Waals surface area contributed by atoms with E-state index in [2.05, 4.69) is 9.47 Å². The van der Waals surface area contributed by atoms with Gasteiger partial charge in [0.2, 0.25) is 0 Å². The minimum absolute atomic E-state index is 0.0325. The van der Waals surface area contributed by atoms with Gasteiger partial charge in [0.1, 0.15) is 0 Å². The van der Waals surface area contributed by atoms with E-state index in [0.29, 0.717) is 5.57 Å². The normalized spacial score (nSPS) is 20.1. The Hall–Kier alpha value is -1.32. The Labute approximate surface area is 82.9 Å². The molecule has 1 atom stereocenters. The number of esters is 2. The zero-order valence-corrected chi connectivity index (χ0v) is 8.41. The molecule has 0 aromatic carbocycles. The van der Waals surface area contributed by atoms with E-state index >= 15 is 0 Å². The lowest BCUT2D eigenvalue weighted by atomic mass is 9.98. The lowest BCUT2D eigenvalue weighted by Gasteiger charge is -2.11. The van der Waals surface area contributed by atoms with E-state index in [-0.39, 0.29) is 24.3 Å². The van der Waals surface area contributed by atoms with Gasteiger partial charge in [0.15, 0.2) is 0 Å². The molecule has 0 fully saturated rings. The molecule has 4 heteroatoms. The van der Waals surface area contributed by atoms with Crippen molar-refractivity contribution in [1.82, 2.24) is 0 Å². The van der Waals surface area contributed by atoms with Gasteiger partial charge in [-0.15, -0.1) is 0 Å². The Balaban J connectivity index is 2.58. The fourth-order valence-corrected chi connectivity index (χ4v) is 1.63. The van der Waals surface area contributed by atoms with Gasteiger partial charge in [-0.05, 0) is 12.8 Å². The van der Waals surface area contributed by atoms with E-state index in [0.717, 1.165) is 12.8 Å². The SMILES string of the molecule is COC(=O)CC1CCC=C1C(=O)OC. The van der Waals surface area contributed by atoms with E-state index in [9.17, 15) is 9.59 Å². The number of carbonyl (C=O) groups excluding carboxylic acids is 2. The van der Waals surface area contributed by atoms with Crippen LogP contribution in [0.4, 0.5) is 0 Å². The Morgan fingerprint density at radius 1 is 1.43 bits per heavy atom. The van der Waals surface area contributed by atoms with Gasteiger partial charge in [-0.2, -0.15) is 0 Å². The van der Waals surface area contributed by atoms with Crippen molar-refractivity contribution in [2.75, 3.05) is 14.2 Å². The summed E-state index contributed by atoms with van der Waals surface area (Å²) in [6.45, 7) is 0. The first kappa shape index (κ1) is 10.8. The van der Waals surface area contributed by atoms with Crippen molar-refractivity contribution in [3.05, 3.63) is 11.6 Å². The molecule has 1 rings (SSSR count). The summed E-state index contributed by atoms with van der Waals surface area (Å²) in [5.41, 5.74) is 0.609. The predicted molar refractivity (Wildman–Crippen MR) is 49.5 cm³/mol. The second kappa shape index (κ2) is 4.79. The zero-order valence-electron chi connectivity index (χ0n) is 8.41. The molecule has 0 aliphatic heterocycles. The van der Waals surface area contributed by atoms with Crippen molar-refractivity contribution in [3.8, 4) is 0 Å². The molecule has 0 aromatic heterocycles. The van der Waals surface area contributed by atoms with Crippen molar-refractivity contribution < 1.29 is 19.1 Å². The van der Waals surface area contributed by atoms with Crippen molar-refractivity contribution in [2.45, 2.75) is 19.3 Å². The van der Waals surface area contributed by atoms with Crippen LogP contribution in [0.2, 0.25) is 0 Å². The predicted octanol–water partition coefficient (Wildman–Crippen LogP) is 1.06. The summed E-state index contributed by atoms with van der Waals surface area (Å²) in [5.74, 6) is -0.655. The molecule has 4 nitrogen and oxygen atoms in total. The lowest BCUT2D eigenvalue weighted by molar-refractivity contribution is -0.141. The van der Waals surface area contributed by atoms with Gasteiger partial charge in [0.05, 0.1) is 20.6 Å². The fraction of sp³-hybridized carbons (Fsp3) is 0.600. The molecule has 0 heterocycles. The highest BCUT2D eigenvalue weighted by molar-refractivity contribution is 5.90. The number of methoxy groups -OCH3 is 2. The van der Waals surface area contributed by atoms with E-state index in [1.807, 2.05) is 6.08 Å². The highest BCUT2D eigenvalue weighted by Crippen LogP contribution is 2.29. The van der Waals surface area contributed by atoms with Crippen LogP contribution in [0.5, 0.6) is 0 Å². The summed E-state index contributed by atoms with van der Waals surface area (Å²) in [6, 6.07) is 0. The molecular formula is C10H14O4. The number of ether oxygens (including phenoxy) is 2. The fourth-order valence-electron chi connectivity index (χ4n) is 1.63. The number of carbonyl (C=O) groups is 2. The summed E-state index contributed by atoms with van der Waals surface area (Å²) in [4.78, 5) is 22.3. The summed E-state index contributed by atoms with van der Waals surface area (Å²) >= 11 is 0. The van der Waals surface area contributed by atoms with Crippen LogP contribution < -0.4 is 0 Å². The van der Waals surface area contributed by atoms with Crippen molar-refractivity contribution in [2.24, 2.45) is 5.92 Å². The summed E-state index contributed by atoms with van der Waals surface area (Å²) in [5, 5.41) is 0. The average molecular weight is 198 g/mol. The maximum absolute atomic E-state index is 11.3. The number of hydrogen-bond acceptors (Lipinski definition) is 4. The van der Waals surface area contributed by atoms with Gasteiger partial charge >= 0.3 is 11.9 Å². The Morgan fingerprint density at radius 2 is 2.14 bits per heavy atom. The second-order valence-corrected chi connectivity index (χ2v) is 3.21. The summed E-state index contributed by atoms with van der Waals surface area (Å²) in [7, 11) is 2.69. The van der Waals surface area contributed by atoms with Gasteiger partial charge in [-0.25, -0.2) is 4.79 Å². The molecular weight excluding hydrogens is 184 g/mol. The van der Waals surface area contributed by atoms with Crippen molar-refractivity contribution >= 4 is 11.9 Å². The molecule has 0 saturated carbocycles. The molecule has 0 N–H and O–H groups in total. The van der Waals surface area contributed by atoms with Crippen LogP contribution in [0.3, 0.4) is 0 Å². The van der Waals surface area contributed by atoms with Crippen LogP contribution in [0, 0.1) is 5.92 Å². The lowest BCUT2D eigenvalue weighted by Crippen LogP contribution is -2.15. The topological polar surface area (TPSA) is 52.6 Å². The smallest absolute Gasteiger partial charge is 0.333 e. The van der Waals surface area contributed by atoms with Crippen LogP contribution in [0.1, 0.15) is 19.3 Å². The average Bonchev–Trinajstić information content (AvgIpc) is 2.64. The first-order valence-corrected chi connectivity index (χ1v) is 4.54. The third-order valence-corrected chi connectivity index (χ3v) is 2.38. The maximum Gasteiger partial charge on any atom is 0.333 e. The van der Waals surface area contributed by atoms with E-state index in [4.69, 9.17) is 0 Å². The molecule has 78 valence electrons. The van der Waals surface area contributed by atoms with Crippen LogP contribution >= 0.6 is 0 Å². The first-order chi connectivity index (χ1) is 6.69. The molecule has 0 aromatic rings. The standard InChI is InChI=1S/C10H14O4/c1-13-9(11)6-7-4-3-5-8(7)10(12)14-2/h5,7H,3-4,6H2,1-2H3. The van der Waals surface area contributed by atoms with Crippen LogP contribution in [0.15, 0.2) is 11.6 Å². The molecule has 1 aliphatic rings. The first-order valence-electron chi connectivity index (χ1n) is 4.54. The molecule has 1 aliphatic carbocycles. The summed E-state index contributed by atoms with van der Waals surface area (Å²) in [6.07, 6.45) is 3.74. The molecule has 0 amide bonds. The van der Waals surface area contributed by atoms with Crippen LogP contribution in [-0.2, 0) is 19.1 Å². The largest absolute Gasteiger partial charge is 0.469 e. The third-order valence-electron chi connectivity index (χ3n) is 2.38. The zero-order chi connectivity index (χ0) is 10.6. The number of allylic oxidation sites excluding steroid dienone is 1. The van der Waals surface area contributed by atoms with Gasteiger partial charge < -0.3 is 9.47 Å². The maximum atomic E-state index is 11.3. The Kier molecular flexibility index (Phi) is 3.68. The minimum Gasteiger partial charge on any atom is -0.469 e. The number of hydrogen-bond donors (Lipinski definition) is 0. The quantitative estimate of drug-likeness (QED) is 0.636. The van der Waals surface area contributed by atoms with E-state index < -0.39 is 0 Å². The molecule has 1 unspecified atom stereocenters. The minimum atomic E-state index is -0.337. The monoisotopic (exact) mass is 198 g/mol. The van der Waals surface area contributed by atoms with Crippen molar-refractivity contribution in [1.29, 1.82) is 0 Å². The molecule has 0 bridgehead atoms. The van der Waals surface area contributed by atoms with Gasteiger partial charge in [-0.3, -0.25) is 4.79 Å².